The quantitative estimate of drug-likeness (QED) is 0.849. The molecule has 17 heavy (non-hydrogen) atoms. The van der Waals surface area contributed by atoms with Crippen molar-refractivity contribution in [1.82, 2.24) is 10.3 Å². The van der Waals surface area contributed by atoms with E-state index in [2.05, 4.69) is 61.2 Å². The van der Waals surface area contributed by atoms with Crippen LogP contribution in [0.15, 0.2) is 38.9 Å². The summed E-state index contributed by atoms with van der Waals surface area (Å²) in [5, 5.41) is 3.48. The standard InChI is InChI=1S/C12H12Br2N2S/c1-8(9-3-2-4-15-6-9)16-7-10-5-11(13)12(14)17-10/h2-6,8,16H,7H2,1H3/t8-/m0/s1. The number of halogens is 2. The number of nitrogens with one attached hydrogen (secondary N) is 1. The van der Waals surface area contributed by atoms with Gasteiger partial charge in [-0.2, -0.15) is 0 Å². The van der Waals surface area contributed by atoms with Gasteiger partial charge in [-0.3, -0.25) is 4.98 Å². The highest BCUT2D eigenvalue weighted by Gasteiger charge is 2.07. The summed E-state index contributed by atoms with van der Waals surface area (Å²) in [6.45, 7) is 3.01. The molecular weight excluding hydrogens is 364 g/mol. The summed E-state index contributed by atoms with van der Waals surface area (Å²) in [4.78, 5) is 5.43. The van der Waals surface area contributed by atoms with Crippen LogP contribution >= 0.6 is 43.2 Å². The van der Waals surface area contributed by atoms with Crippen LogP contribution in [0.5, 0.6) is 0 Å². The molecule has 2 aromatic heterocycles. The second-order valence-electron chi connectivity index (χ2n) is 3.72. The molecule has 0 aliphatic rings. The molecule has 0 saturated carbocycles. The Morgan fingerprint density at radius 3 is 2.88 bits per heavy atom. The van der Waals surface area contributed by atoms with E-state index in [1.165, 1.54) is 10.4 Å². The Hall–Kier alpha value is -0.230. The van der Waals surface area contributed by atoms with E-state index in [0.29, 0.717) is 6.04 Å². The Morgan fingerprint density at radius 1 is 1.47 bits per heavy atom. The van der Waals surface area contributed by atoms with Crippen LogP contribution in [0.25, 0.3) is 0 Å². The highest BCUT2D eigenvalue weighted by molar-refractivity contribution is 9.13. The third kappa shape index (κ3) is 3.61. The maximum absolute atomic E-state index is 4.13. The molecule has 1 N–H and O–H groups in total. The fraction of sp³-hybridized carbons (Fsp3) is 0.250. The maximum atomic E-state index is 4.13. The van der Waals surface area contributed by atoms with Crippen molar-refractivity contribution in [2.75, 3.05) is 0 Å². The van der Waals surface area contributed by atoms with Crippen molar-refractivity contribution in [2.45, 2.75) is 19.5 Å². The third-order valence-electron chi connectivity index (χ3n) is 2.46. The summed E-state index contributed by atoms with van der Waals surface area (Å²) in [6.07, 6.45) is 3.70. The van der Waals surface area contributed by atoms with Gasteiger partial charge < -0.3 is 5.32 Å². The van der Waals surface area contributed by atoms with E-state index in [9.17, 15) is 0 Å². The number of rotatable bonds is 4. The molecule has 0 radical (unpaired) electrons. The van der Waals surface area contributed by atoms with E-state index in [1.54, 1.807) is 17.5 Å². The van der Waals surface area contributed by atoms with Crippen LogP contribution < -0.4 is 5.32 Å². The van der Waals surface area contributed by atoms with Crippen molar-refractivity contribution in [3.63, 3.8) is 0 Å². The molecule has 0 aliphatic heterocycles. The summed E-state index contributed by atoms with van der Waals surface area (Å²) in [5.74, 6) is 0. The molecule has 0 bridgehead atoms. The molecule has 1 atom stereocenters. The maximum Gasteiger partial charge on any atom is 0.0843 e. The lowest BCUT2D eigenvalue weighted by molar-refractivity contribution is 0.577. The molecule has 5 heteroatoms. The molecule has 90 valence electrons. The lowest BCUT2D eigenvalue weighted by Gasteiger charge is -2.12. The number of aromatic nitrogens is 1. The Labute approximate surface area is 122 Å². The van der Waals surface area contributed by atoms with Crippen LogP contribution in [0.2, 0.25) is 0 Å². The van der Waals surface area contributed by atoms with Crippen LogP contribution in [-0.4, -0.2) is 4.98 Å². The minimum Gasteiger partial charge on any atom is -0.305 e. The summed E-state index contributed by atoms with van der Waals surface area (Å²) in [7, 11) is 0. The summed E-state index contributed by atoms with van der Waals surface area (Å²) in [5.41, 5.74) is 1.21. The second kappa shape index (κ2) is 6.09. The fourth-order valence-electron chi connectivity index (χ4n) is 1.48. The summed E-state index contributed by atoms with van der Waals surface area (Å²) >= 11 is 8.74. The van der Waals surface area contributed by atoms with Gasteiger partial charge in [0.25, 0.3) is 0 Å². The molecule has 2 aromatic rings. The normalized spacial score (nSPS) is 12.6. The van der Waals surface area contributed by atoms with Crippen LogP contribution in [0, 0.1) is 0 Å². The van der Waals surface area contributed by atoms with E-state index in [-0.39, 0.29) is 0 Å². The van der Waals surface area contributed by atoms with Crippen LogP contribution in [0.1, 0.15) is 23.4 Å². The first-order valence-electron chi connectivity index (χ1n) is 5.24. The second-order valence-corrected chi connectivity index (χ2v) is 7.03. The van der Waals surface area contributed by atoms with E-state index in [1.807, 2.05) is 12.3 Å². The van der Waals surface area contributed by atoms with E-state index in [4.69, 9.17) is 0 Å². The average molecular weight is 376 g/mol. The van der Waals surface area contributed by atoms with Gasteiger partial charge in [0.05, 0.1) is 3.79 Å². The molecule has 0 aliphatic carbocycles. The molecule has 0 spiro atoms. The first-order chi connectivity index (χ1) is 8.16. The Morgan fingerprint density at radius 2 is 2.29 bits per heavy atom. The number of hydrogen-bond acceptors (Lipinski definition) is 3. The SMILES string of the molecule is C[C@H](NCc1cc(Br)c(Br)s1)c1cccnc1. The minimum atomic E-state index is 0.309. The number of pyridine rings is 1. The Balaban J connectivity index is 1.94. The lowest BCUT2D eigenvalue weighted by Crippen LogP contribution is -2.17. The zero-order valence-corrected chi connectivity index (χ0v) is 13.3. The van der Waals surface area contributed by atoms with Gasteiger partial charge in [0, 0.05) is 34.3 Å². The zero-order chi connectivity index (χ0) is 12.3. The molecule has 0 unspecified atom stereocenters. The molecule has 0 saturated heterocycles. The monoisotopic (exact) mass is 374 g/mol. The van der Waals surface area contributed by atoms with Crippen molar-refractivity contribution < 1.29 is 0 Å². The fourth-order valence-corrected chi connectivity index (χ4v) is 3.61. The number of nitrogens with zero attached hydrogens (tertiary/aromatic N) is 1. The van der Waals surface area contributed by atoms with E-state index < -0.39 is 0 Å². The van der Waals surface area contributed by atoms with Gasteiger partial charge in [-0.05, 0) is 56.5 Å². The van der Waals surface area contributed by atoms with Crippen LogP contribution in [0.4, 0.5) is 0 Å². The Bertz CT molecular complexity index is 465. The highest BCUT2D eigenvalue weighted by Crippen LogP contribution is 2.32. The molecule has 2 nitrogen and oxygen atoms in total. The van der Waals surface area contributed by atoms with Gasteiger partial charge in [-0.25, -0.2) is 0 Å². The number of hydrogen-bond donors (Lipinski definition) is 1. The minimum absolute atomic E-state index is 0.309. The number of thiophene rings is 1. The van der Waals surface area contributed by atoms with Crippen molar-refractivity contribution >= 4 is 43.2 Å². The van der Waals surface area contributed by atoms with Gasteiger partial charge in [0.2, 0.25) is 0 Å². The highest BCUT2D eigenvalue weighted by atomic mass is 79.9. The zero-order valence-electron chi connectivity index (χ0n) is 9.28. The van der Waals surface area contributed by atoms with Crippen molar-refractivity contribution in [1.29, 1.82) is 0 Å². The van der Waals surface area contributed by atoms with Gasteiger partial charge in [0.1, 0.15) is 0 Å². The smallest absolute Gasteiger partial charge is 0.0843 e. The summed E-state index contributed by atoms with van der Waals surface area (Å²) in [6, 6.07) is 6.50. The van der Waals surface area contributed by atoms with Crippen molar-refractivity contribution in [3.8, 4) is 0 Å². The van der Waals surface area contributed by atoms with Crippen LogP contribution in [0.3, 0.4) is 0 Å². The van der Waals surface area contributed by atoms with Crippen LogP contribution in [-0.2, 0) is 6.54 Å². The Kier molecular flexibility index (Phi) is 4.73. The predicted molar refractivity (Wildman–Crippen MR) is 79.2 cm³/mol. The molecule has 2 heterocycles. The first kappa shape index (κ1) is 13.2. The molecule has 0 fully saturated rings. The molecular formula is C12H12Br2N2S. The predicted octanol–water partition coefficient (Wildman–Crippen LogP) is 4.52. The van der Waals surface area contributed by atoms with Gasteiger partial charge in [-0.1, -0.05) is 6.07 Å². The average Bonchev–Trinajstić information content (AvgIpc) is 2.67. The largest absolute Gasteiger partial charge is 0.305 e. The molecule has 0 amide bonds. The third-order valence-corrected chi connectivity index (χ3v) is 5.72. The summed E-state index contributed by atoms with van der Waals surface area (Å²) < 4.78 is 2.26. The van der Waals surface area contributed by atoms with Crippen molar-refractivity contribution in [3.05, 3.63) is 49.3 Å². The molecule has 2 rings (SSSR count). The van der Waals surface area contributed by atoms with E-state index in [0.717, 1.165) is 14.8 Å². The van der Waals surface area contributed by atoms with Gasteiger partial charge in [0.15, 0.2) is 0 Å². The van der Waals surface area contributed by atoms with Crippen molar-refractivity contribution in [2.24, 2.45) is 0 Å². The van der Waals surface area contributed by atoms with E-state index >= 15 is 0 Å². The van der Waals surface area contributed by atoms with Gasteiger partial charge in [-0.15, -0.1) is 11.3 Å². The van der Waals surface area contributed by atoms with Gasteiger partial charge >= 0.3 is 0 Å². The lowest BCUT2D eigenvalue weighted by atomic mass is 10.1. The molecule has 0 aromatic carbocycles. The first-order valence-corrected chi connectivity index (χ1v) is 7.64. The topological polar surface area (TPSA) is 24.9 Å².